The lowest BCUT2D eigenvalue weighted by molar-refractivity contribution is 0.348. The van der Waals surface area contributed by atoms with E-state index in [-0.39, 0.29) is 17.7 Å². The van der Waals surface area contributed by atoms with Crippen LogP contribution < -0.4 is 16.6 Å². The average Bonchev–Trinajstić information content (AvgIpc) is 2.35. The second-order valence-corrected chi connectivity index (χ2v) is 4.81. The Bertz CT molecular complexity index is 425. The number of nitrogens with one attached hydrogen (secondary N) is 2. The summed E-state index contributed by atoms with van der Waals surface area (Å²) in [6, 6.07) is 0.967. The summed E-state index contributed by atoms with van der Waals surface area (Å²) in [7, 11) is 0. The standard InChI is InChI=1S/C12H18F2N4/c1-7-4-2-3-5-10(7)16-11-8(13)6-9(14)12(17-11)18-15/h6-7,10H,2-5,15H2,1H3,(H2,16,17,18). The Hall–Kier alpha value is -1.43. The molecule has 2 atom stereocenters. The topological polar surface area (TPSA) is 63.0 Å². The Morgan fingerprint density at radius 2 is 1.89 bits per heavy atom. The molecule has 0 amide bonds. The summed E-state index contributed by atoms with van der Waals surface area (Å²) in [6.07, 6.45) is 4.41. The summed E-state index contributed by atoms with van der Waals surface area (Å²) < 4.78 is 26.8. The van der Waals surface area contributed by atoms with E-state index in [9.17, 15) is 8.78 Å². The van der Waals surface area contributed by atoms with Gasteiger partial charge in [0.15, 0.2) is 23.3 Å². The van der Waals surface area contributed by atoms with Crippen LogP contribution in [0.25, 0.3) is 0 Å². The van der Waals surface area contributed by atoms with Crippen molar-refractivity contribution in [3.63, 3.8) is 0 Å². The predicted octanol–water partition coefficient (Wildman–Crippen LogP) is 2.64. The first-order chi connectivity index (χ1) is 8.61. The molecule has 0 radical (unpaired) electrons. The number of halogens is 2. The van der Waals surface area contributed by atoms with Gasteiger partial charge in [0.2, 0.25) is 0 Å². The van der Waals surface area contributed by atoms with Crippen LogP contribution in [0, 0.1) is 17.6 Å². The molecule has 0 bridgehead atoms. The number of aromatic nitrogens is 1. The molecule has 0 saturated heterocycles. The molecule has 2 unspecified atom stereocenters. The van der Waals surface area contributed by atoms with Crippen LogP contribution in [0.1, 0.15) is 32.6 Å². The summed E-state index contributed by atoms with van der Waals surface area (Å²) in [5, 5.41) is 3.05. The molecular weight excluding hydrogens is 238 g/mol. The largest absolute Gasteiger partial charge is 0.365 e. The lowest BCUT2D eigenvalue weighted by Crippen LogP contribution is -2.31. The van der Waals surface area contributed by atoms with Crippen LogP contribution in [0.2, 0.25) is 0 Å². The van der Waals surface area contributed by atoms with Crippen molar-refractivity contribution in [1.29, 1.82) is 0 Å². The van der Waals surface area contributed by atoms with Crippen LogP contribution in [-0.2, 0) is 0 Å². The van der Waals surface area contributed by atoms with Gasteiger partial charge in [0.05, 0.1) is 0 Å². The van der Waals surface area contributed by atoms with Gasteiger partial charge < -0.3 is 10.7 Å². The Labute approximate surface area is 105 Å². The van der Waals surface area contributed by atoms with E-state index in [0.717, 1.165) is 25.3 Å². The highest BCUT2D eigenvalue weighted by atomic mass is 19.1. The van der Waals surface area contributed by atoms with Gasteiger partial charge in [0.25, 0.3) is 0 Å². The molecule has 1 aromatic heterocycles. The number of nitrogen functional groups attached to an aromatic ring is 1. The fraction of sp³-hybridized carbons (Fsp3) is 0.583. The quantitative estimate of drug-likeness (QED) is 0.574. The van der Waals surface area contributed by atoms with Crippen molar-refractivity contribution in [2.75, 3.05) is 10.7 Å². The summed E-state index contributed by atoms with van der Waals surface area (Å²) in [5.74, 6) is 4.01. The van der Waals surface area contributed by atoms with E-state index in [2.05, 4.69) is 22.7 Å². The van der Waals surface area contributed by atoms with Crippen molar-refractivity contribution >= 4 is 11.6 Å². The van der Waals surface area contributed by atoms with Crippen LogP contribution in [0.3, 0.4) is 0 Å². The van der Waals surface area contributed by atoms with Crippen molar-refractivity contribution in [3.05, 3.63) is 17.7 Å². The molecule has 1 fully saturated rings. The van der Waals surface area contributed by atoms with Gasteiger partial charge in [-0.05, 0) is 18.8 Å². The number of nitrogens with zero attached hydrogens (tertiary/aromatic N) is 1. The van der Waals surface area contributed by atoms with Crippen molar-refractivity contribution < 1.29 is 8.78 Å². The van der Waals surface area contributed by atoms with E-state index >= 15 is 0 Å². The third kappa shape index (κ3) is 2.69. The maximum absolute atomic E-state index is 13.6. The molecule has 1 saturated carbocycles. The van der Waals surface area contributed by atoms with Crippen molar-refractivity contribution in [3.8, 4) is 0 Å². The van der Waals surface area contributed by atoms with Crippen LogP contribution in [0.4, 0.5) is 20.4 Å². The van der Waals surface area contributed by atoms with Crippen LogP contribution in [0.5, 0.6) is 0 Å². The van der Waals surface area contributed by atoms with Gasteiger partial charge in [-0.1, -0.05) is 19.8 Å². The molecule has 18 heavy (non-hydrogen) atoms. The maximum Gasteiger partial charge on any atom is 0.178 e. The number of nitrogens with two attached hydrogens (primary N) is 1. The predicted molar refractivity (Wildman–Crippen MR) is 67.0 cm³/mol. The third-order valence-corrected chi connectivity index (χ3v) is 3.50. The first-order valence-electron chi connectivity index (χ1n) is 6.21. The van der Waals surface area contributed by atoms with Crippen LogP contribution in [-0.4, -0.2) is 11.0 Å². The molecule has 0 spiro atoms. The highest BCUT2D eigenvalue weighted by Crippen LogP contribution is 2.28. The smallest absolute Gasteiger partial charge is 0.178 e. The minimum absolute atomic E-state index is 0.0584. The minimum Gasteiger partial charge on any atom is -0.365 e. The highest BCUT2D eigenvalue weighted by molar-refractivity contribution is 5.47. The van der Waals surface area contributed by atoms with E-state index in [4.69, 9.17) is 5.84 Å². The lowest BCUT2D eigenvalue weighted by atomic mass is 9.86. The second-order valence-electron chi connectivity index (χ2n) is 4.81. The van der Waals surface area contributed by atoms with Crippen molar-refractivity contribution in [1.82, 2.24) is 4.98 Å². The van der Waals surface area contributed by atoms with Gasteiger partial charge in [-0.2, -0.15) is 0 Å². The van der Waals surface area contributed by atoms with E-state index < -0.39 is 11.6 Å². The number of hydrazine groups is 1. The zero-order chi connectivity index (χ0) is 13.1. The Morgan fingerprint density at radius 3 is 2.56 bits per heavy atom. The zero-order valence-electron chi connectivity index (χ0n) is 10.3. The molecule has 2 rings (SSSR count). The van der Waals surface area contributed by atoms with Gasteiger partial charge in [0, 0.05) is 12.1 Å². The van der Waals surface area contributed by atoms with Gasteiger partial charge in [-0.15, -0.1) is 0 Å². The highest BCUT2D eigenvalue weighted by Gasteiger charge is 2.23. The number of hydrogen-bond donors (Lipinski definition) is 3. The molecule has 4 N–H and O–H groups in total. The van der Waals surface area contributed by atoms with E-state index in [0.29, 0.717) is 5.92 Å². The molecule has 1 aromatic rings. The van der Waals surface area contributed by atoms with Gasteiger partial charge in [0.1, 0.15) is 0 Å². The normalized spacial score (nSPS) is 23.8. The molecule has 4 nitrogen and oxygen atoms in total. The molecule has 1 heterocycles. The Morgan fingerprint density at radius 1 is 1.22 bits per heavy atom. The average molecular weight is 256 g/mol. The van der Waals surface area contributed by atoms with Gasteiger partial charge in [-0.3, -0.25) is 0 Å². The molecule has 1 aliphatic rings. The molecule has 100 valence electrons. The number of pyridine rings is 1. The summed E-state index contributed by atoms with van der Waals surface area (Å²) in [6.45, 7) is 2.13. The first-order valence-corrected chi connectivity index (χ1v) is 6.21. The van der Waals surface area contributed by atoms with Crippen molar-refractivity contribution in [2.24, 2.45) is 11.8 Å². The molecule has 0 aromatic carbocycles. The van der Waals surface area contributed by atoms with Crippen LogP contribution >= 0.6 is 0 Å². The Kier molecular flexibility index (Phi) is 3.96. The number of anilines is 2. The number of hydrogen-bond acceptors (Lipinski definition) is 4. The van der Waals surface area contributed by atoms with E-state index in [1.807, 2.05) is 0 Å². The molecular formula is C12H18F2N4. The summed E-state index contributed by atoms with van der Waals surface area (Å²) in [5.41, 5.74) is 2.12. The van der Waals surface area contributed by atoms with Gasteiger partial charge in [-0.25, -0.2) is 19.6 Å². The SMILES string of the molecule is CC1CCCCC1Nc1nc(NN)c(F)cc1F. The van der Waals surface area contributed by atoms with Crippen LogP contribution in [0.15, 0.2) is 6.07 Å². The summed E-state index contributed by atoms with van der Waals surface area (Å²) in [4.78, 5) is 3.82. The minimum atomic E-state index is -0.794. The lowest BCUT2D eigenvalue weighted by Gasteiger charge is -2.30. The monoisotopic (exact) mass is 256 g/mol. The zero-order valence-corrected chi connectivity index (χ0v) is 10.3. The third-order valence-electron chi connectivity index (χ3n) is 3.50. The molecule has 1 aliphatic carbocycles. The first kappa shape index (κ1) is 13.0. The van der Waals surface area contributed by atoms with Gasteiger partial charge >= 0.3 is 0 Å². The Balaban J connectivity index is 2.17. The van der Waals surface area contributed by atoms with Crippen molar-refractivity contribution in [2.45, 2.75) is 38.6 Å². The van der Waals surface area contributed by atoms with E-state index in [1.165, 1.54) is 6.42 Å². The summed E-state index contributed by atoms with van der Waals surface area (Å²) >= 11 is 0. The van der Waals surface area contributed by atoms with E-state index in [1.54, 1.807) is 0 Å². The maximum atomic E-state index is 13.6. The fourth-order valence-corrected chi connectivity index (χ4v) is 2.38. The molecule has 0 aliphatic heterocycles. The molecule has 6 heteroatoms. The fourth-order valence-electron chi connectivity index (χ4n) is 2.38. The second kappa shape index (κ2) is 5.48. The number of rotatable bonds is 3.